The Morgan fingerprint density at radius 1 is 1.20 bits per heavy atom. The van der Waals surface area contributed by atoms with Crippen molar-refractivity contribution in [2.24, 2.45) is 11.8 Å². The van der Waals surface area contributed by atoms with Gasteiger partial charge in [-0.25, -0.2) is 4.98 Å². The first-order valence-electron chi connectivity index (χ1n) is 7.04. The van der Waals surface area contributed by atoms with Crippen molar-refractivity contribution in [1.29, 1.82) is 0 Å². The predicted octanol–water partition coefficient (Wildman–Crippen LogP) is 1.93. The summed E-state index contributed by atoms with van der Waals surface area (Å²) in [6.07, 6.45) is 0. The lowest BCUT2D eigenvalue weighted by Crippen LogP contribution is -2.32. The highest BCUT2D eigenvalue weighted by atomic mass is 32.1. The van der Waals surface area contributed by atoms with Crippen LogP contribution in [-0.2, 0) is 0 Å². The van der Waals surface area contributed by atoms with Crippen LogP contribution < -0.4 is 0 Å². The molecule has 5 heteroatoms. The smallest absolute Gasteiger partial charge is 0.282 e. The lowest BCUT2D eigenvalue weighted by molar-refractivity contribution is 0.0776. The molecule has 0 saturated carbocycles. The number of carbonyl (C=O) groups is 1. The van der Waals surface area contributed by atoms with E-state index < -0.39 is 0 Å². The van der Waals surface area contributed by atoms with E-state index in [0.717, 1.165) is 36.4 Å². The molecule has 2 atom stereocenters. The number of thiazole rings is 1. The summed E-state index contributed by atoms with van der Waals surface area (Å²) in [4.78, 5) is 21.4. The third kappa shape index (κ3) is 1.93. The monoisotopic (exact) mass is 287 g/mol. The van der Waals surface area contributed by atoms with Crippen LogP contribution in [0, 0.1) is 11.8 Å². The van der Waals surface area contributed by atoms with Crippen molar-refractivity contribution >= 4 is 27.5 Å². The van der Waals surface area contributed by atoms with Crippen molar-refractivity contribution in [3.05, 3.63) is 29.3 Å². The van der Waals surface area contributed by atoms with Crippen molar-refractivity contribution in [3.63, 3.8) is 0 Å². The van der Waals surface area contributed by atoms with E-state index in [1.165, 1.54) is 11.3 Å². The third-order valence-electron chi connectivity index (χ3n) is 4.43. The van der Waals surface area contributed by atoms with Crippen LogP contribution in [0.25, 0.3) is 10.2 Å². The highest BCUT2D eigenvalue weighted by Gasteiger charge is 2.41. The number of benzene rings is 1. The molecular formula is C15H17N3OS. The van der Waals surface area contributed by atoms with Crippen LogP contribution in [0.2, 0.25) is 0 Å². The average molecular weight is 287 g/mol. The van der Waals surface area contributed by atoms with Crippen molar-refractivity contribution < 1.29 is 4.79 Å². The van der Waals surface area contributed by atoms with Gasteiger partial charge in [0.15, 0.2) is 5.01 Å². The summed E-state index contributed by atoms with van der Waals surface area (Å²) < 4.78 is 1.09. The molecule has 2 aliphatic rings. The van der Waals surface area contributed by atoms with Crippen LogP contribution in [0.15, 0.2) is 24.3 Å². The van der Waals surface area contributed by atoms with E-state index in [2.05, 4.69) is 16.9 Å². The van der Waals surface area contributed by atoms with Gasteiger partial charge in [0.2, 0.25) is 0 Å². The van der Waals surface area contributed by atoms with Gasteiger partial charge in [-0.15, -0.1) is 11.3 Å². The Morgan fingerprint density at radius 3 is 2.60 bits per heavy atom. The zero-order chi connectivity index (χ0) is 13.7. The first-order chi connectivity index (χ1) is 9.70. The number of para-hydroxylation sites is 1. The predicted molar refractivity (Wildman–Crippen MR) is 80.0 cm³/mol. The first-order valence-corrected chi connectivity index (χ1v) is 7.86. The van der Waals surface area contributed by atoms with Crippen molar-refractivity contribution in [2.75, 3.05) is 33.2 Å². The van der Waals surface area contributed by atoms with Gasteiger partial charge in [-0.05, 0) is 31.0 Å². The van der Waals surface area contributed by atoms with Gasteiger partial charge in [0.25, 0.3) is 5.91 Å². The Morgan fingerprint density at radius 2 is 1.90 bits per heavy atom. The lowest BCUT2D eigenvalue weighted by Gasteiger charge is -2.17. The molecule has 2 fully saturated rings. The molecule has 2 unspecified atom stereocenters. The number of amides is 1. The molecule has 0 radical (unpaired) electrons. The zero-order valence-electron chi connectivity index (χ0n) is 11.5. The van der Waals surface area contributed by atoms with E-state index in [1.807, 2.05) is 29.2 Å². The minimum absolute atomic E-state index is 0.114. The molecule has 2 aliphatic heterocycles. The van der Waals surface area contributed by atoms with Gasteiger partial charge in [0.05, 0.1) is 10.2 Å². The average Bonchev–Trinajstić information content (AvgIpc) is 3.08. The Hall–Kier alpha value is -1.46. The second kappa shape index (κ2) is 4.53. The lowest BCUT2D eigenvalue weighted by atomic mass is 10.0. The molecule has 0 aliphatic carbocycles. The van der Waals surface area contributed by atoms with Crippen molar-refractivity contribution in [2.45, 2.75) is 0 Å². The van der Waals surface area contributed by atoms with Crippen molar-refractivity contribution in [3.8, 4) is 0 Å². The molecule has 1 amide bonds. The van der Waals surface area contributed by atoms with Gasteiger partial charge < -0.3 is 9.80 Å². The number of fused-ring (bicyclic) bond motifs is 2. The Labute approximate surface area is 122 Å². The van der Waals surface area contributed by atoms with Crippen LogP contribution in [0.1, 0.15) is 9.80 Å². The first kappa shape index (κ1) is 12.3. The number of likely N-dealkylation sites (tertiary alicyclic amines) is 2. The number of hydrogen-bond donors (Lipinski definition) is 0. The highest BCUT2D eigenvalue weighted by molar-refractivity contribution is 7.20. The van der Waals surface area contributed by atoms with Crippen LogP contribution in [0.5, 0.6) is 0 Å². The van der Waals surface area contributed by atoms with Gasteiger partial charge in [-0.3, -0.25) is 4.79 Å². The molecule has 20 heavy (non-hydrogen) atoms. The van der Waals surface area contributed by atoms with E-state index in [4.69, 9.17) is 0 Å². The summed E-state index contributed by atoms with van der Waals surface area (Å²) in [7, 11) is 2.16. The summed E-state index contributed by atoms with van der Waals surface area (Å²) >= 11 is 1.51. The van der Waals surface area contributed by atoms with Crippen molar-refractivity contribution in [1.82, 2.24) is 14.8 Å². The largest absolute Gasteiger partial charge is 0.336 e. The molecule has 2 saturated heterocycles. The van der Waals surface area contributed by atoms with Gasteiger partial charge >= 0.3 is 0 Å². The molecule has 3 heterocycles. The van der Waals surface area contributed by atoms with Gasteiger partial charge in [-0.1, -0.05) is 12.1 Å². The van der Waals surface area contributed by atoms with E-state index in [0.29, 0.717) is 16.8 Å². The standard InChI is InChI=1S/C15H17N3OS/c1-17-6-10-8-18(9-11(10)7-17)15(19)14-16-12-4-2-3-5-13(12)20-14/h2-5,10-11H,6-9H2,1H3. The summed E-state index contributed by atoms with van der Waals surface area (Å²) in [6, 6.07) is 7.95. The normalized spacial score (nSPS) is 26.4. The Bertz CT molecular complexity index is 621. The maximum Gasteiger partial charge on any atom is 0.282 e. The fraction of sp³-hybridized carbons (Fsp3) is 0.467. The highest BCUT2D eigenvalue weighted by Crippen LogP contribution is 2.32. The zero-order valence-corrected chi connectivity index (χ0v) is 12.3. The van der Waals surface area contributed by atoms with Gasteiger partial charge in [0.1, 0.15) is 0 Å². The Balaban J connectivity index is 1.56. The quantitative estimate of drug-likeness (QED) is 0.804. The molecule has 1 aromatic carbocycles. The van der Waals surface area contributed by atoms with Crippen LogP contribution >= 0.6 is 11.3 Å². The Kier molecular flexibility index (Phi) is 2.79. The fourth-order valence-corrected chi connectivity index (χ4v) is 4.43. The fourth-order valence-electron chi connectivity index (χ4n) is 3.49. The van der Waals surface area contributed by atoms with E-state index >= 15 is 0 Å². The molecular weight excluding hydrogens is 270 g/mol. The minimum Gasteiger partial charge on any atom is -0.336 e. The topological polar surface area (TPSA) is 36.4 Å². The van der Waals surface area contributed by atoms with Crippen LogP contribution in [0.4, 0.5) is 0 Å². The number of aromatic nitrogens is 1. The molecule has 0 spiro atoms. The second-order valence-electron chi connectivity index (χ2n) is 5.94. The molecule has 0 bridgehead atoms. The van der Waals surface area contributed by atoms with Crippen LogP contribution in [-0.4, -0.2) is 53.9 Å². The SMILES string of the molecule is CN1CC2CN(C(=O)c3nc4ccccc4s3)CC2C1. The molecule has 4 rings (SSSR count). The van der Waals surface area contributed by atoms with E-state index in [1.54, 1.807) is 0 Å². The van der Waals surface area contributed by atoms with Gasteiger partial charge in [0, 0.05) is 26.2 Å². The molecule has 1 aromatic heterocycles. The molecule has 4 nitrogen and oxygen atoms in total. The number of hydrogen-bond acceptors (Lipinski definition) is 4. The number of carbonyl (C=O) groups excluding carboxylic acids is 1. The summed E-state index contributed by atoms with van der Waals surface area (Å²) in [6.45, 7) is 4.02. The van der Waals surface area contributed by atoms with Crippen LogP contribution in [0.3, 0.4) is 0 Å². The summed E-state index contributed by atoms with van der Waals surface area (Å²) in [5.74, 6) is 1.42. The molecule has 2 aromatic rings. The second-order valence-corrected chi connectivity index (χ2v) is 6.97. The number of rotatable bonds is 1. The molecule has 104 valence electrons. The minimum atomic E-state index is 0.114. The summed E-state index contributed by atoms with van der Waals surface area (Å²) in [5, 5.41) is 0.638. The number of nitrogens with zero attached hydrogens (tertiary/aromatic N) is 3. The summed E-state index contributed by atoms with van der Waals surface area (Å²) in [5.41, 5.74) is 0.931. The third-order valence-corrected chi connectivity index (χ3v) is 5.46. The molecule has 0 N–H and O–H groups in total. The van der Waals surface area contributed by atoms with Gasteiger partial charge in [-0.2, -0.15) is 0 Å². The van der Waals surface area contributed by atoms with E-state index in [-0.39, 0.29) is 5.91 Å². The maximum absolute atomic E-state index is 12.6. The van der Waals surface area contributed by atoms with E-state index in [9.17, 15) is 4.79 Å². The maximum atomic E-state index is 12.6.